The highest BCUT2D eigenvalue weighted by Crippen LogP contribution is 2.51. The van der Waals surface area contributed by atoms with Crippen LogP contribution in [0.2, 0.25) is 0 Å². The molecule has 0 unspecified atom stereocenters. The third-order valence-corrected chi connectivity index (χ3v) is 6.48. The van der Waals surface area contributed by atoms with Gasteiger partial charge in [-0.3, -0.25) is 9.59 Å². The molecule has 0 saturated carbocycles. The lowest BCUT2D eigenvalue weighted by atomic mass is 9.79. The summed E-state index contributed by atoms with van der Waals surface area (Å²) in [6.45, 7) is 0. The van der Waals surface area contributed by atoms with Crippen LogP contribution in [0.15, 0.2) is 84.9 Å². The van der Waals surface area contributed by atoms with Gasteiger partial charge in [-0.25, -0.2) is 0 Å². The van der Waals surface area contributed by atoms with E-state index in [0.717, 1.165) is 12.1 Å². The van der Waals surface area contributed by atoms with Crippen molar-refractivity contribution >= 4 is 17.6 Å². The predicted octanol–water partition coefficient (Wildman–Crippen LogP) is 4.31. The molecule has 0 aromatic heterocycles. The minimum absolute atomic E-state index is 0.0305. The molecule has 0 radical (unpaired) electrons. The first-order valence-electron chi connectivity index (χ1n) is 11.7. The van der Waals surface area contributed by atoms with E-state index in [9.17, 15) is 40.2 Å². The molecule has 196 valence electrons. The molecule has 0 bridgehead atoms. The standard InChI is InChI=1S/C30H22O9/c31-18-5-3-17(4-6-18)29-30(38,28(37)22-10-8-20(33)15-26(22)36)23-13-16(2-12-27(23)39-29)1-11-24(34)21-9-7-19(32)14-25(21)35/h1-15,29,31-33,35-36,38H/b11-1+/t29-,30+/m0/s1. The molecule has 5 rings (SSSR count). The van der Waals surface area contributed by atoms with Crippen molar-refractivity contribution in [2.24, 2.45) is 0 Å². The van der Waals surface area contributed by atoms with Crippen LogP contribution in [0.1, 0.15) is 43.5 Å². The number of aliphatic hydroxyl groups is 1. The maximum absolute atomic E-state index is 13.8. The van der Waals surface area contributed by atoms with Crippen LogP contribution in [-0.4, -0.2) is 42.2 Å². The lowest BCUT2D eigenvalue weighted by Gasteiger charge is -2.28. The summed E-state index contributed by atoms with van der Waals surface area (Å²) in [6.07, 6.45) is 1.35. The van der Waals surface area contributed by atoms with Crippen molar-refractivity contribution in [2.75, 3.05) is 0 Å². The molecule has 1 aliphatic rings. The topological polar surface area (TPSA) is 165 Å². The number of hydrogen-bond acceptors (Lipinski definition) is 9. The van der Waals surface area contributed by atoms with E-state index < -0.39 is 34.8 Å². The van der Waals surface area contributed by atoms with Crippen molar-refractivity contribution in [3.05, 3.63) is 113 Å². The number of ketones is 2. The van der Waals surface area contributed by atoms with Crippen molar-refractivity contribution in [3.8, 4) is 34.5 Å². The van der Waals surface area contributed by atoms with E-state index >= 15 is 0 Å². The Balaban J connectivity index is 1.57. The highest BCUT2D eigenvalue weighted by atomic mass is 16.5. The summed E-state index contributed by atoms with van der Waals surface area (Å²) in [5.74, 6) is -2.70. The summed E-state index contributed by atoms with van der Waals surface area (Å²) in [5, 5.41) is 61.2. The number of fused-ring (bicyclic) bond motifs is 1. The largest absolute Gasteiger partial charge is 0.508 e. The molecule has 0 saturated heterocycles. The molecule has 1 heterocycles. The number of carbonyl (C=O) groups is 2. The van der Waals surface area contributed by atoms with Gasteiger partial charge in [0.1, 0.15) is 34.5 Å². The van der Waals surface area contributed by atoms with Gasteiger partial charge in [0.25, 0.3) is 0 Å². The SMILES string of the molecule is O=C(/C=C/c1ccc2c(c1)[C@@](O)(C(=O)c1ccc(O)cc1O)[C@H](c1ccc(O)cc1)O2)c1ccc(O)cc1O. The van der Waals surface area contributed by atoms with Gasteiger partial charge in [-0.15, -0.1) is 0 Å². The molecule has 9 heteroatoms. The first kappa shape index (κ1) is 25.4. The number of Topliss-reactive ketones (excluding diaryl/α,β-unsaturated/α-hetero) is 1. The van der Waals surface area contributed by atoms with Gasteiger partial charge in [-0.05, 0) is 65.7 Å². The maximum atomic E-state index is 13.8. The van der Waals surface area contributed by atoms with Gasteiger partial charge in [0.05, 0.1) is 11.1 Å². The average Bonchev–Trinajstić information content (AvgIpc) is 3.20. The van der Waals surface area contributed by atoms with Gasteiger partial charge < -0.3 is 35.4 Å². The molecule has 0 aliphatic carbocycles. The molecule has 6 N–H and O–H groups in total. The zero-order valence-corrected chi connectivity index (χ0v) is 20.1. The highest BCUT2D eigenvalue weighted by molar-refractivity contribution is 6.09. The molecule has 0 amide bonds. The molecule has 9 nitrogen and oxygen atoms in total. The third kappa shape index (κ3) is 4.51. The van der Waals surface area contributed by atoms with E-state index in [-0.39, 0.29) is 39.7 Å². The third-order valence-electron chi connectivity index (χ3n) is 6.48. The summed E-state index contributed by atoms with van der Waals surface area (Å²) in [5.41, 5.74) is -1.78. The zero-order valence-electron chi connectivity index (χ0n) is 20.1. The molecular formula is C30H22O9. The number of phenols is 5. The number of ether oxygens (including phenoxy) is 1. The first-order chi connectivity index (χ1) is 18.6. The number of hydrogen-bond donors (Lipinski definition) is 6. The van der Waals surface area contributed by atoms with Crippen molar-refractivity contribution in [2.45, 2.75) is 11.7 Å². The summed E-state index contributed by atoms with van der Waals surface area (Å²) < 4.78 is 6.00. The van der Waals surface area contributed by atoms with Gasteiger partial charge in [0, 0.05) is 17.7 Å². The molecular weight excluding hydrogens is 504 g/mol. The molecule has 2 atom stereocenters. The second-order valence-corrected chi connectivity index (χ2v) is 9.04. The predicted molar refractivity (Wildman–Crippen MR) is 139 cm³/mol. The summed E-state index contributed by atoms with van der Waals surface area (Å²) in [7, 11) is 0. The van der Waals surface area contributed by atoms with Crippen LogP contribution < -0.4 is 4.74 Å². The van der Waals surface area contributed by atoms with E-state index in [2.05, 4.69) is 0 Å². The Hall–Kier alpha value is -5.28. The van der Waals surface area contributed by atoms with Crippen LogP contribution >= 0.6 is 0 Å². The number of rotatable bonds is 6. The van der Waals surface area contributed by atoms with Gasteiger partial charge in [0.15, 0.2) is 17.5 Å². The number of allylic oxidation sites excluding steroid dienone is 1. The lowest BCUT2D eigenvalue weighted by Crippen LogP contribution is -2.40. The highest BCUT2D eigenvalue weighted by Gasteiger charge is 2.55. The number of carbonyl (C=O) groups excluding carboxylic acids is 2. The Morgan fingerprint density at radius 3 is 1.92 bits per heavy atom. The molecule has 4 aromatic carbocycles. The first-order valence-corrected chi connectivity index (χ1v) is 11.7. The second-order valence-electron chi connectivity index (χ2n) is 9.04. The summed E-state index contributed by atoms with van der Waals surface area (Å²) in [4.78, 5) is 26.4. The van der Waals surface area contributed by atoms with Gasteiger partial charge >= 0.3 is 0 Å². The fraction of sp³-hybridized carbons (Fsp3) is 0.0667. The molecule has 0 fully saturated rings. The van der Waals surface area contributed by atoms with E-state index in [4.69, 9.17) is 4.74 Å². The van der Waals surface area contributed by atoms with Gasteiger partial charge in [-0.1, -0.05) is 24.3 Å². The van der Waals surface area contributed by atoms with E-state index in [1.165, 1.54) is 72.8 Å². The van der Waals surface area contributed by atoms with Crippen molar-refractivity contribution < 1.29 is 45.0 Å². The van der Waals surface area contributed by atoms with Crippen LogP contribution in [0.25, 0.3) is 6.08 Å². The van der Waals surface area contributed by atoms with Gasteiger partial charge in [0.2, 0.25) is 5.78 Å². The summed E-state index contributed by atoms with van der Waals surface area (Å²) >= 11 is 0. The fourth-order valence-electron chi connectivity index (χ4n) is 4.51. The van der Waals surface area contributed by atoms with Crippen LogP contribution in [0, 0.1) is 0 Å². The van der Waals surface area contributed by atoms with Crippen LogP contribution in [-0.2, 0) is 5.60 Å². The average molecular weight is 526 g/mol. The van der Waals surface area contributed by atoms with E-state index in [1.54, 1.807) is 6.07 Å². The Morgan fingerprint density at radius 1 is 0.718 bits per heavy atom. The van der Waals surface area contributed by atoms with E-state index in [0.29, 0.717) is 11.1 Å². The Morgan fingerprint density at radius 2 is 1.31 bits per heavy atom. The molecule has 0 spiro atoms. The normalized spacial score (nSPS) is 18.0. The number of aromatic hydroxyl groups is 5. The van der Waals surface area contributed by atoms with Crippen molar-refractivity contribution in [1.82, 2.24) is 0 Å². The molecule has 1 aliphatic heterocycles. The van der Waals surface area contributed by atoms with E-state index in [1.807, 2.05) is 0 Å². The van der Waals surface area contributed by atoms with Crippen LogP contribution in [0.4, 0.5) is 0 Å². The minimum atomic E-state index is -2.34. The lowest BCUT2D eigenvalue weighted by molar-refractivity contribution is -0.0216. The number of benzene rings is 4. The number of phenolic OH excluding ortho intramolecular Hbond substituents is 5. The molecule has 4 aromatic rings. The summed E-state index contributed by atoms with van der Waals surface area (Å²) in [6, 6.07) is 17.3. The minimum Gasteiger partial charge on any atom is -0.508 e. The van der Waals surface area contributed by atoms with Crippen molar-refractivity contribution in [1.29, 1.82) is 0 Å². The zero-order chi connectivity index (χ0) is 27.9. The maximum Gasteiger partial charge on any atom is 0.207 e. The second kappa shape index (κ2) is 9.55. The fourth-order valence-corrected chi connectivity index (χ4v) is 4.51. The Labute approximate surface area is 221 Å². The van der Waals surface area contributed by atoms with Gasteiger partial charge in [-0.2, -0.15) is 0 Å². The monoisotopic (exact) mass is 526 g/mol. The van der Waals surface area contributed by atoms with Crippen LogP contribution in [0.5, 0.6) is 34.5 Å². The molecule has 39 heavy (non-hydrogen) atoms. The van der Waals surface area contributed by atoms with Crippen molar-refractivity contribution in [3.63, 3.8) is 0 Å². The Kier molecular flexibility index (Phi) is 6.21. The smallest absolute Gasteiger partial charge is 0.207 e. The quantitative estimate of drug-likeness (QED) is 0.159. The van der Waals surface area contributed by atoms with Crippen LogP contribution in [0.3, 0.4) is 0 Å². The Bertz CT molecular complexity index is 1640.